The Morgan fingerprint density at radius 2 is 1.80 bits per heavy atom. The summed E-state index contributed by atoms with van der Waals surface area (Å²) in [6.07, 6.45) is 0. The van der Waals surface area contributed by atoms with Crippen molar-refractivity contribution in [3.63, 3.8) is 0 Å². The molecule has 0 spiro atoms. The van der Waals surface area contributed by atoms with Gasteiger partial charge in [0.2, 0.25) is 0 Å². The van der Waals surface area contributed by atoms with E-state index in [2.05, 4.69) is 0 Å². The van der Waals surface area contributed by atoms with E-state index in [4.69, 9.17) is 18.0 Å². The number of amides is 1. The summed E-state index contributed by atoms with van der Waals surface area (Å²) < 4.78 is 0. The summed E-state index contributed by atoms with van der Waals surface area (Å²) in [6, 6.07) is 13.3. The molecule has 0 saturated heterocycles. The number of nitrogens with zero attached hydrogens (tertiary/aromatic N) is 1. The van der Waals surface area contributed by atoms with Crippen molar-refractivity contribution in [3.05, 3.63) is 59.7 Å². The van der Waals surface area contributed by atoms with Crippen LogP contribution in [0.5, 0.6) is 5.75 Å². The van der Waals surface area contributed by atoms with Crippen LogP contribution in [0.25, 0.3) is 0 Å². The highest BCUT2D eigenvalue weighted by Crippen LogP contribution is 2.20. The first kappa shape index (κ1) is 14.0. The third-order valence-corrected chi connectivity index (χ3v) is 3.15. The second kappa shape index (κ2) is 5.71. The second-order valence-electron chi connectivity index (χ2n) is 4.33. The number of carbonyl (C=O) groups is 1. The number of aromatic hydroxyl groups is 1. The van der Waals surface area contributed by atoms with Gasteiger partial charge in [-0.25, -0.2) is 0 Å². The van der Waals surface area contributed by atoms with Crippen molar-refractivity contribution in [2.24, 2.45) is 5.73 Å². The molecule has 0 bridgehead atoms. The number of hydrogen-bond acceptors (Lipinski definition) is 3. The molecule has 0 unspecified atom stereocenters. The lowest BCUT2D eigenvalue weighted by atomic mass is 10.1. The molecule has 0 aliphatic heterocycles. The molecular formula is C15H14N2O2S. The summed E-state index contributed by atoms with van der Waals surface area (Å²) in [4.78, 5) is 14.1. The van der Waals surface area contributed by atoms with Crippen LogP contribution in [0.15, 0.2) is 48.5 Å². The fourth-order valence-electron chi connectivity index (χ4n) is 1.82. The van der Waals surface area contributed by atoms with E-state index in [-0.39, 0.29) is 16.6 Å². The monoisotopic (exact) mass is 286 g/mol. The number of rotatable bonds is 3. The molecule has 102 valence electrons. The first-order valence-corrected chi connectivity index (χ1v) is 6.37. The molecule has 1 amide bonds. The molecule has 0 aromatic heterocycles. The van der Waals surface area contributed by atoms with Crippen LogP contribution in [0.1, 0.15) is 15.9 Å². The number of carbonyl (C=O) groups excluding carboxylic acids is 1. The zero-order valence-corrected chi connectivity index (χ0v) is 11.7. The Labute approximate surface area is 122 Å². The zero-order chi connectivity index (χ0) is 14.7. The highest BCUT2D eigenvalue weighted by atomic mass is 32.1. The van der Waals surface area contributed by atoms with Gasteiger partial charge in [0, 0.05) is 29.9 Å². The molecule has 20 heavy (non-hydrogen) atoms. The number of nitrogens with two attached hydrogens (primary N) is 1. The van der Waals surface area contributed by atoms with Crippen LogP contribution in [-0.2, 0) is 0 Å². The van der Waals surface area contributed by atoms with Crippen LogP contribution in [0.4, 0.5) is 5.69 Å². The first-order chi connectivity index (χ1) is 9.49. The predicted molar refractivity (Wildman–Crippen MR) is 83.2 cm³/mol. The summed E-state index contributed by atoms with van der Waals surface area (Å²) in [6.45, 7) is 0. The average Bonchev–Trinajstić information content (AvgIpc) is 2.45. The molecule has 0 aliphatic rings. The second-order valence-corrected chi connectivity index (χ2v) is 4.77. The van der Waals surface area contributed by atoms with E-state index in [9.17, 15) is 9.90 Å². The van der Waals surface area contributed by atoms with Crippen molar-refractivity contribution in [2.75, 3.05) is 11.9 Å². The fraction of sp³-hybridized carbons (Fsp3) is 0.0667. The Kier molecular flexibility index (Phi) is 4.00. The van der Waals surface area contributed by atoms with Gasteiger partial charge in [0.1, 0.15) is 10.7 Å². The number of phenolic OH excluding ortho intramolecular Hbond substituents is 1. The largest absolute Gasteiger partial charge is 0.508 e. The Morgan fingerprint density at radius 1 is 1.15 bits per heavy atom. The van der Waals surface area contributed by atoms with E-state index in [1.165, 1.54) is 11.0 Å². The van der Waals surface area contributed by atoms with Crippen LogP contribution < -0.4 is 10.6 Å². The maximum atomic E-state index is 12.4. The number of thiocarbonyl (C=S) groups is 1. The first-order valence-electron chi connectivity index (χ1n) is 5.96. The minimum atomic E-state index is -0.200. The van der Waals surface area contributed by atoms with E-state index in [1.54, 1.807) is 49.5 Å². The molecule has 0 atom stereocenters. The van der Waals surface area contributed by atoms with Gasteiger partial charge >= 0.3 is 0 Å². The van der Waals surface area contributed by atoms with E-state index < -0.39 is 0 Å². The van der Waals surface area contributed by atoms with Crippen molar-refractivity contribution < 1.29 is 9.90 Å². The maximum Gasteiger partial charge on any atom is 0.258 e. The number of anilines is 1. The lowest BCUT2D eigenvalue weighted by Crippen LogP contribution is -2.26. The zero-order valence-electron chi connectivity index (χ0n) is 10.9. The van der Waals surface area contributed by atoms with E-state index in [1.807, 2.05) is 0 Å². The molecule has 2 aromatic carbocycles. The number of hydrogen-bond donors (Lipinski definition) is 2. The van der Waals surface area contributed by atoms with Crippen molar-refractivity contribution in [1.82, 2.24) is 0 Å². The third kappa shape index (κ3) is 2.95. The molecule has 5 heteroatoms. The van der Waals surface area contributed by atoms with Crippen molar-refractivity contribution in [3.8, 4) is 5.75 Å². The Bertz CT molecular complexity index is 670. The quantitative estimate of drug-likeness (QED) is 0.850. The van der Waals surface area contributed by atoms with Gasteiger partial charge in [-0.3, -0.25) is 4.79 Å². The van der Waals surface area contributed by atoms with E-state index in [0.29, 0.717) is 16.8 Å². The van der Waals surface area contributed by atoms with Crippen LogP contribution >= 0.6 is 12.2 Å². The standard InChI is InChI=1S/C15H14N2O2S/c1-17(12-6-3-7-13(18)9-12)15(19)11-5-2-4-10(8-11)14(16)20/h2-9,18H,1H3,(H2,16,20). The molecule has 2 rings (SSSR count). The Hall–Kier alpha value is -2.40. The van der Waals surface area contributed by atoms with Gasteiger partial charge in [0.15, 0.2) is 0 Å². The van der Waals surface area contributed by atoms with Crippen LogP contribution in [0.2, 0.25) is 0 Å². The van der Waals surface area contributed by atoms with Gasteiger partial charge in [-0.1, -0.05) is 30.4 Å². The summed E-state index contributed by atoms with van der Waals surface area (Å²) in [5, 5.41) is 9.46. The van der Waals surface area contributed by atoms with Gasteiger partial charge in [0.25, 0.3) is 5.91 Å². The van der Waals surface area contributed by atoms with Crippen molar-refractivity contribution in [2.45, 2.75) is 0 Å². The molecule has 0 saturated carbocycles. The summed E-state index contributed by atoms with van der Waals surface area (Å²) in [5.41, 5.74) is 7.31. The smallest absolute Gasteiger partial charge is 0.258 e. The van der Waals surface area contributed by atoms with Gasteiger partial charge in [-0.15, -0.1) is 0 Å². The highest BCUT2D eigenvalue weighted by molar-refractivity contribution is 7.80. The molecule has 0 fully saturated rings. The van der Waals surface area contributed by atoms with Gasteiger partial charge in [-0.05, 0) is 24.3 Å². The molecule has 0 heterocycles. The third-order valence-electron chi connectivity index (χ3n) is 2.92. The molecular weight excluding hydrogens is 272 g/mol. The Balaban J connectivity index is 2.31. The summed E-state index contributed by atoms with van der Waals surface area (Å²) in [5.74, 6) is -0.0901. The van der Waals surface area contributed by atoms with Crippen molar-refractivity contribution >= 4 is 28.8 Å². The molecule has 2 aromatic rings. The predicted octanol–water partition coefficient (Wildman–Crippen LogP) is 2.30. The van der Waals surface area contributed by atoms with Crippen LogP contribution in [-0.4, -0.2) is 23.0 Å². The van der Waals surface area contributed by atoms with Crippen LogP contribution in [0, 0.1) is 0 Å². The SMILES string of the molecule is CN(C(=O)c1cccc(C(N)=S)c1)c1cccc(O)c1. The molecule has 4 nitrogen and oxygen atoms in total. The summed E-state index contributed by atoms with van der Waals surface area (Å²) in [7, 11) is 1.64. The van der Waals surface area contributed by atoms with Gasteiger partial charge in [-0.2, -0.15) is 0 Å². The van der Waals surface area contributed by atoms with E-state index in [0.717, 1.165) is 0 Å². The molecule has 3 N–H and O–H groups in total. The molecule has 0 radical (unpaired) electrons. The Morgan fingerprint density at radius 3 is 2.45 bits per heavy atom. The number of phenols is 1. The minimum absolute atomic E-state index is 0.110. The average molecular weight is 286 g/mol. The lowest BCUT2D eigenvalue weighted by molar-refractivity contribution is 0.0993. The van der Waals surface area contributed by atoms with Crippen LogP contribution in [0.3, 0.4) is 0 Å². The van der Waals surface area contributed by atoms with Gasteiger partial charge < -0.3 is 15.7 Å². The number of benzene rings is 2. The minimum Gasteiger partial charge on any atom is -0.508 e. The van der Waals surface area contributed by atoms with Gasteiger partial charge in [0.05, 0.1) is 0 Å². The lowest BCUT2D eigenvalue weighted by Gasteiger charge is -2.18. The molecule has 0 aliphatic carbocycles. The fourth-order valence-corrected chi connectivity index (χ4v) is 1.95. The highest BCUT2D eigenvalue weighted by Gasteiger charge is 2.14. The normalized spacial score (nSPS) is 10.1. The topological polar surface area (TPSA) is 66.6 Å². The van der Waals surface area contributed by atoms with E-state index >= 15 is 0 Å². The maximum absolute atomic E-state index is 12.4. The summed E-state index contributed by atoms with van der Waals surface area (Å²) >= 11 is 4.90. The van der Waals surface area contributed by atoms with Crippen molar-refractivity contribution in [1.29, 1.82) is 0 Å².